The van der Waals surface area contributed by atoms with Crippen LogP contribution in [0.3, 0.4) is 0 Å². The molecule has 3 aromatic carbocycles. The Balaban J connectivity index is 1.35. The van der Waals surface area contributed by atoms with Crippen LogP contribution < -0.4 is 10.1 Å². The van der Waals surface area contributed by atoms with Crippen molar-refractivity contribution in [2.45, 2.75) is 20.4 Å². The number of carbonyl (C=O) groups is 2. The van der Waals surface area contributed by atoms with Crippen molar-refractivity contribution >= 4 is 51.9 Å². The van der Waals surface area contributed by atoms with Gasteiger partial charge in [-0.15, -0.1) is 0 Å². The third kappa shape index (κ3) is 5.73. The highest BCUT2D eigenvalue weighted by molar-refractivity contribution is 8.26. The minimum Gasteiger partial charge on any atom is -0.484 e. The second kappa shape index (κ2) is 10.7. The third-order valence-corrected chi connectivity index (χ3v) is 6.73. The van der Waals surface area contributed by atoms with E-state index in [1.54, 1.807) is 17.0 Å². The number of amides is 2. The van der Waals surface area contributed by atoms with E-state index in [4.69, 9.17) is 17.0 Å². The quantitative estimate of drug-likeness (QED) is 0.340. The molecule has 0 aliphatic carbocycles. The number of para-hydroxylation sites is 1. The third-order valence-electron chi connectivity index (χ3n) is 5.35. The maximum Gasteiger partial charge on any atom is 0.266 e. The predicted octanol–water partition coefficient (Wildman–Crippen LogP) is 5.72. The molecule has 34 heavy (non-hydrogen) atoms. The molecule has 4 rings (SSSR count). The van der Waals surface area contributed by atoms with E-state index in [1.807, 2.05) is 80.6 Å². The Kier molecular flexibility index (Phi) is 7.45. The molecule has 0 bridgehead atoms. The van der Waals surface area contributed by atoms with Crippen LogP contribution in [0.1, 0.15) is 22.3 Å². The lowest BCUT2D eigenvalue weighted by Gasteiger charge is -2.14. The molecule has 1 aliphatic heterocycles. The first-order valence-electron chi connectivity index (χ1n) is 10.8. The Morgan fingerprint density at radius 3 is 2.35 bits per heavy atom. The first-order chi connectivity index (χ1) is 16.4. The van der Waals surface area contributed by atoms with Gasteiger partial charge in [-0.25, -0.2) is 0 Å². The van der Waals surface area contributed by atoms with Gasteiger partial charge in [-0.05, 0) is 54.3 Å². The van der Waals surface area contributed by atoms with Crippen molar-refractivity contribution < 1.29 is 14.3 Å². The number of thioether (sulfide) groups is 1. The van der Waals surface area contributed by atoms with Gasteiger partial charge in [0.25, 0.3) is 11.8 Å². The van der Waals surface area contributed by atoms with Gasteiger partial charge in [0.2, 0.25) is 0 Å². The molecule has 1 heterocycles. The molecule has 3 aromatic rings. The first kappa shape index (κ1) is 23.7. The first-order valence-corrected chi connectivity index (χ1v) is 12.0. The van der Waals surface area contributed by atoms with Gasteiger partial charge in [0, 0.05) is 5.69 Å². The van der Waals surface area contributed by atoms with Crippen molar-refractivity contribution in [3.05, 3.63) is 100.0 Å². The Bertz CT molecular complexity index is 1230. The van der Waals surface area contributed by atoms with Crippen LogP contribution in [0.2, 0.25) is 0 Å². The van der Waals surface area contributed by atoms with E-state index in [2.05, 4.69) is 5.32 Å². The molecule has 0 spiro atoms. The summed E-state index contributed by atoms with van der Waals surface area (Å²) in [5.74, 6) is 0.261. The van der Waals surface area contributed by atoms with Crippen LogP contribution >= 0.6 is 24.0 Å². The Morgan fingerprint density at radius 2 is 1.68 bits per heavy atom. The number of nitrogens with one attached hydrogen (secondary N) is 1. The molecule has 1 aliphatic rings. The number of thiocarbonyl (C=S) groups is 1. The van der Waals surface area contributed by atoms with Crippen molar-refractivity contribution in [1.29, 1.82) is 0 Å². The Labute approximate surface area is 208 Å². The average Bonchev–Trinajstić information content (AvgIpc) is 3.09. The molecule has 0 aromatic heterocycles. The molecule has 0 saturated carbocycles. The molecular weight excluding hydrogens is 464 g/mol. The van der Waals surface area contributed by atoms with Crippen LogP contribution in [-0.4, -0.2) is 27.6 Å². The zero-order chi connectivity index (χ0) is 24.1. The van der Waals surface area contributed by atoms with Gasteiger partial charge in [-0.3, -0.25) is 14.5 Å². The van der Waals surface area contributed by atoms with Crippen LogP contribution in [-0.2, 0) is 16.1 Å². The number of nitrogens with zero attached hydrogens (tertiary/aromatic N) is 1. The summed E-state index contributed by atoms with van der Waals surface area (Å²) in [6.45, 7) is 4.28. The Morgan fingerprint density at radius 1 is 1.00 bits per heavy atom. The number of ether oxygens (including phenoxy) is 1. The molecule has 0 unspecified atom stereocenters. The summed E-state index contributed by atoms with van der Waals surface area (Å²) >= 11 is 6.72. The van der Waals surface area contributed by atoms with Gasteiger partial charge < -0.3 is 10.1 Å². The van der Waals surface area contributed by atoms with Crippen molar-refractivity contribution in [1.82, 2.24) is 4.90 Å². The van der Waals surface area contributed by atoms with Crippen molar-refractivity contribution in [3.8, 4) is 5.75 Å². The van der Waals surface area contributed by atoms with E-state index in [1.165, 1.54) is 11.8 Å². The van der Waals surface area contributed by atoms with Crippen LogP contribution in [0, 0.1) is 13.8 Å². The molecule has 172 valence electrons. The molecule has 7 heteroatoms. The smallest absolute Gasteiger partial charge is 0.266 e. The number of anilines is 1. The largest absolute Gasteiger partial charge is 0.484 e. The lowest BCUT2D eigenvalue weighted by Crippen LogP contribution is -2.27. The van der Waals surface area contributed by atoms with Crippen LogP contribution in [0.4, 0.5) is 5.69 Å². The summed E-state index contributed by atoms with van der Waals surface area (Å²) in [5.41, 5.74) is 4.71. The average molecular weight is 489 g/mol. The maximum absolute atomic E-state index is 12.8. The number of carbonyl (C=O) groups excluding carboxylic acids is 2. The fourth-order valence-electron chi connectivity index (χ4n) is 3.55. The number of aryl methyl sites for hydroxylation is 2. The minimum absolute atomic E-state index is 0.0920. The van der Waals surface area contributed by atoms with Gasteiger partial charge in [0.15, 0.2) is 6.61 Å². The van der Waals surface area contributed by atoms with Crippen molar-refractivity contribution in [2.24, 2.45) is 0 Å². The van der Waals surface area contributed by atoms with E-state index in [9.17, 15) is 9.59 Å². The zero-order valence-corrected chi connectivity index (χ0v) is 20.5. The molecule has 0 atom stereocenters. The monoisotopic (exact) mass is 488 g/mol. The summed E-state index contributed by atoms with van der Waals surface area (Å²) in [4.78, 5) is 27.4. The Hall–Kier alpha value is -3.42. The summed E-state index contributed by atoms with van der Waals surface area (Å²) in [6.07, 6.45) is 1.82. The molecule has 0 radical (unpaired) electrons. The summed E-state index contributed by atoms with van der Waals surface area (Å²) in [7, 11) is 0. The van der Waals surface area contributed by atoms with Gasteiger partial charge >= 0.3 is 0 Å². The van der Waals surface area contributed by atoms with E-state index in [0.717, 1.165) is 27.9 Å². The van der Waals surface area contributed by atoms with Crippen LogP contribution in [0.15, 0.2) is 77.7 Å². The molecule has 1 fully saturated rings. The fraction of sp³-hybridized carbons (Fsp3) is 0.148. The van der Waals surface area contributed by atoms with E-state index >= 15 is 0 Å². The summed E-state index contributed by atoms with van der Waals surface area (Å²) in [6, 6.07) is 22.9. The second-order valence-electron chi connectivity index (χ2n) is 7.93. The predicted molar refractivity (Wildman–Crippen MR) is 142 cm³/mol. The number of rotatable bonds is 7. The van der Waals surface area contributed by atoms with Crippen LogP contribution in [0.25, 0.3) is 6.08 Å². The van der Waals surface area contributed by atoms with Crippen molar-refractivity contribution in [2.75, 3.05) is 11.9 Å². The fourth-order valence-corrected chi connectivity index (χ4v) is 4.81. The molecule has 5 nitrogen and oxygen atoms in total. The summed E-state index contributed by atoms with van der Waals surface area (Å²) < 4.78 is 6.18. The van der Waals surface area contributed by atoms with Gasteiger partial charge in [-0.2, -0.15) is 0 Å². The van der Waals surface area contributed by atoms with E-state index in [-0.39, 0.29) is 18.4 Å². The number of hydrogen-bond acceptors (Lipinski definition) is 5. The lowest BCUT2D eigenvalue weighted by molar-refractivity contribution is -0.122. The SMILES string of the molecule is Cc1cccc(C)c1NC(=O)COc1ccc(/C=C2\SC(=S)N(Cc3ccccc3)C2=O)cc1. The standard InChI is InChI=1S/C27H24N2O3S2/c1-18-7-6-8-19(2)25(18)28-24(30)17-32-22-13-11-20(12-14-22)15-23-26(31)29(27(33)34-23)16-21-9-4-3-5-10-21/h3-15H,16-17H2,1-2H3,(H,28,30)/b23-15-. The highest BCUT2D eigenvalue weighted by atomic mass is 32.2. The number of benzene rings is 3. The molecular formula is C27H24N2O3S2. The van der Waals surface area contributed by atoms with Gasteiger partial charge in [0.05, 0.1) is 11.4 Å². The lowest BCUT2D eigenvalue weighted by atomic mass is 10.1. The molecule has 1 saturated heterocycles. The van der Waals surface area contributed by atoms with Gasteiger partial charge in [-0.1, -0.05) is 84.6 Å². The maximum atomic E-state index is 12.8. The highest BCUT2D eigenvalue weighted by Crippen LogP contribution is 2.33. The van der Waals surface area contributed by atoms with E-state index in [0.29, 0.717) is 21.5 Å². The second-order valence-corrected chi connectivity index (χ2v) is 9.60. The summed E-state index contributed by atoms with van der Waals surface area (Å²) in [5, 5.41) is 2.91. The van der Waals surface area contributed by atoms with E-state index < -0.39 is 0 Å². The van der Waals surface area contributed by atoms with Crippen molar-refractivity contribution in [3.63, 3.8) is 0 Å². The normalized spacial score (nSPS) is 14.5. The molecule has 1 N–H and O–H groups in total. The molecule has 2 amide bonds. The topological polar surface area (TPSA) is 58.6 Å². The van der Waals surface area contributed by atoms with Crippen LogP contribution in [0.5, 0.6) is 5.75 Å². The number of hydrogen-bond donors (Lipinski definition) is 1. The van der Waals surface area contributed by atoms with Gasteiger partial charge in [0.1, 0.15) is 10.1 Å². The minimum atomic E-state index is -0.219. The highest BCUT2D eigenvalue weighted by Gasteiger charge is 2.31. The zero-order valence-electron chi connectivity index (χ0n) is 18.9.